The number of carbonyl (C=O) groups is 1. The van der Waals surface area contributed by atoms with Crippen molar-refractivity contribution >= 4 is 21.6 Å². The molecule has 3 rings (SSSR count). The third-order valence-corrected chi connectivity index (χ3v) is 5.48. The number of benzene rings is 2. The van der Waals surface area contributed by atoms with E-state index in [-0.39, 0.29) is 19.0 Å². The summed E-state index contributed by atoms with van der Waals surface area (Å²) in [5.74, 6) is 0.833. The van der Waals surface area contributed by atoms with Crippen LogP contribution in [0.25, 0.3) is 11.4 Å². The first-order valence-corrected chi connectivity index (χ1v) is 10.9. The Morgan fingerprint density at radius 2 is 1.77 bits per heavy atom. The van der Waals surface area contributed by atoms with Crippen LogP contribution in [0.2, 0.25) is 0 Å². The molecule has 0 bridgehead atoms. The Bertz CT molecular complexity index is 1100. The number of carbonyl (C=O) groups excluding carboxylic acids is 1. The molecule has 0 saturated carbocycles. The second-order valence-corrected chi connectivity index (χ2v) is 8.50. The highest BCUT2D eigenvalue weighted by Gasteiger charge is 2.24. The fourth-order valence-electron chi connectivity index (χ4n) is 2.71. The van der Waals surface area contributed by atoms with Crippen molar-refractivity contribution in [1.29, 1.82) is 0 Å². The van der Waals surface area contributed by atoms with Crippen molar-refractivity contribution in [2.45, 2.75) is 6.54 Å². The van der Waals surface area contributed by atoms with Gasteiger partial charge in [-0.1, -0.05) is 35.5 Å². The van der Waals surface area contributed by atoms with Crippen LogP contribution in [-0.4, -0.2) is 56.3 Å². The van der Waals surface area contributed by atoms with Crippen molar-refractivity contribution in [2.24, 2.45) is 0 Å². The molecule has 0 atom stereocenters. The van der Waals surface area contributed by atoms with Gasteiger partial charge in [-0.2, -0.15) is 4.98 Å². The van der Waals surface area contributed by atoms with E-state index in [9.17, 15) is 13.2 Å². The van der Waals surface area contributed by atoms with Crippen molar-refractivity contribution < 1.29 is 22.5 Å². The van der Waals surface area contributed by atoms with Gasteiger partial charge in [0.1, 0.15) is 12.3 Å². The average molecular weight is 430 g/mol. The molecule has 158 valence electrons. The number of sulfonamides is 1. The monoisotopic (exact) mass is 430 g/mol. The topological polar surface area (TPSA) is 106 Å². The third kappa shape index (κ3) is 5.15. The van der Waals surface area contributed by atoms with Gasteiger partial charge in [0.15, 0.2) is 0 Å². The first-order valence-electron chi connectivity index (χ1n) is 9.01. The van der Waals surface area contributed by atoms with Gasteiger partial charge in [-0.25, -0.2) is 8.42 Å². The van der Waals surface area contributed by atoms with Gasteiger partial charge in [0.2, 0.25) is 27.6 Å². The Kier molecular flexibility index (Phi) is 6.36. The number of anilines is 1. The zero-order valence-electron chi connectivity index (χ0n) is 16.8. The van der Waals surface area contributed by atoms with Crippen LogP contribution in [0, 0.1) is 0 Å². The lowest BCUT2D eigenvalue weighted by Gasteiger charge is -2.24. The molecule has 0 spiro atoms. The number of amides is 1. The summed E-state index contributed by atoms with van der Waals surface area (Å²) in [6, 6.07) is 15.7. The van der Waals surface area contributed by atoms with Gasteiger partial charge in [-0.15, -0.1) is 0 Å². The van der Waals surface area contributed by atoms with Gasteiger partial charge in [0, 0.05) is 12.6 Å². The Morgan fingerprint density at radius 1 is 1.10 bits per heavy atom. The Hall–Kier alpha value is -3.40. The van der Waals surface area contributed by atoms with Crippen LogP contribution in [0.4, 0.5) is 5.69 Å². The molecule has 1 heterocycles. The van der Waals surface area contributed by atoms with Crippen LogP contribution in [-0.2, 0) is 21.4 Å². The van der Waals surface area contributed by atoms with E-state index in [1.165, 1.54) is 12.0 Å². The molecule has 0 fully saturated rings. The molecule has 1 aromatic heterocycles. The van der Waals surface area contributed by atoms with Gasteiger partial charge in [-0.3, -0.25) is 9.10 Å². The molecular formula is C20H22N4O5S. The highest BCUT2D eigenvalue weighted by molar-refractivity contribution is 7.92. The zero-order chi connectivity index (χ0) is 21.7. The van der Waals surface area contributed by atoms with E-state index in [4.69, 9.17) is 9.26 Å². The minimum atomic E-state index is -3.68. The summed E-state index contributed by atoms with van der Waals surface area (Å²) < 4.78 is 35.8. The lowest BCUT2D eigenvalue weighted by molar-refractivity contribution is -0.129. The molecule has 0 saturated heterocycles. The first kappa shape index (κ1) is 21.3. The fraction of sp³-hybridized carbons (Fsp3) is 0.250. The average Bonchev–Trinajstić information content (AvgIpc) is 3.20. The van der Waals surface area contributed by atoms with Crippen LogP contribution in [0.1, 0.15) is 5.89 Å². The number of hydrogen-bond acceptors (Lipinski definition) is 7. The number of aromatic nitrogens is 2. The molecule has 9 nitrogen and oxygen atoms in total. The number of methoxy groups -OCH3 is 1. The van der Waals surface area contributed by atoms with Gasteiger partial charge < -0.3 is 14.2 Å². The Balaban J connectivity index is 1.70. The summed E-state index contributed by atoms with van der Waals surface area (Å²) in [6.07, 6.45) is 1.05. The first-order chi connectivity index (χ1) is 14.3. The van der Waals surface area contributed by atoms with Crippen LogP contribution in [0.3, 0.4) is 0 Å². The minimum absolute atomic E-state index is 0.0544. The lowest BCUT2D eigenvalue weighted by Crippen LogP contribution is -2.41. The summed E-state index contributed by atoms with van der Waals surface area (Å²) >= 11 is 0. The number of hydrogen-bond donors (Lipinski definition) is 0. The van der Waals surface area contributed by atoms with Gasteiger partial charge in [-0.05, 0) is 24.3 Å². The third-order valence-electron chi connectivity index (χ3n) is 4.34. The highest BCUT2D eigenvalue weighted by atomic mass is 32.2. The van der Waals surface area contributed by atoms with Crippen molar-refractivity contribution in [1.82, 2.24) is 15.0 Å². The zero-order valence-corrected chi connectivity index (χ0v) is 17.7. The molecule has 0 radical (unpaired) electrons. The van der Waals surface area contributed by atoms with Crippen molar-refractivity contribution in [3.8, 4) is 17.1 Å². The van der Waals surface area contributed by atoms with Gasteiger partial charge in [0.25, 0.3) is 0 Å². The van der Waals surface area contributed by atoms with Crippen LogP contribution < -0.4 is 9.04 Å². The maximum atomic E-state index is 12.7. The lowest BCUT2D eigenvalue weighted by atomic mass is 10.2. The number of ether oxygens (including phenoxy) is 1. The second kappa shape index (κ2) is 8.95. The molecule has 10 heteroatoms. The maximum absolute atomic E-state index is 12.7. The van der Waals surface area contributed by atoms with Crippen LogP contribution >= 0.6 is 0 Å². The molecule has 30 heavy (non-hydrogen) atoms. The Labute approximate surface area is 174 Å². The smallest absolute Gasteiger partial charge is 0.246 e. The van der Waals surface area contributed by atoms with Gasteiger partial charge >= 0.3 is 0 Å². The minimum Gasteiger partial charge on any atom is -0.497 e. The molecule has 0 aliphatic rings. The highest BCUT2D eigenvalue weighted by Crippen LogP contribution is 2.22. The Morgan fingerprint density at radius 3 is 2.37 bits per heavy atom. The molecule has 0 aliphatic heterocycles. The molecular weight excluding hydrogens is 408 g/mol. The van der Waals surface area contributed by atoms with E-state index in [0.29, 0.717) is 17.3 Å². The SMILES string of the molecule is COc1ccc(N(CC(=O)N(C)Cc2nc(-c3ccccc3)no2)S(C)(=O)=O)cc1. The molecule has 0 unspecified atom stereocenters. The number of nitrogens with zero attached hydrogens (tertiary/aromatic N) is 4. The molecule has 3 aromatic rings. The fourth-order valence-corrected chi connectivity index (χ4v) is 3.56. The van der Waals surface area contributed by atoms with Crippen molar-refractivity contribution in [3.63, 3.8) is 0 Å². The van der Waals surface area contributed by atoms with Crippen molar-refractivity contribution in [2.75, 3.05) is 31.3 Å². The van der Waals surface area contributed by atoms with E-state index >= 15 is 0 Å². The van der Waals surface area contributed by atoms with E-state index < -0.39 is 15.9 Å². The van der Waals surface area contributed by atoms with Crippen molar-refractivity contribution in [3.05, 3.63) is 60.5 Å². The second-order valence-electron chi connectivity index (χ2n) is 6.60. The number of rotatable bonds is 8. The maximum Gasteiger partial charge on any atom is 0.246 e. The van der Waals surface area contributed by atoms with Gasteiger partial charge in [0.05, 0.1) is 25.6 Å². The van der Waals surface area contributed by atoms with E-state index in [2.05, 4.69) is 10.1 Å². The largest absolute Gasteiger partial charge is 0.497 e. The van der Waals surface area contributed by atoms with Crippen LogP contribution in [0.5, 0.6) is 5.75 Å². The number of likely N-dealkylation sites (N-methyl/N-ethyl adjacent to an activating group) is 1. The normalized spacial score (nSPS) is 11.2. The summed E-state index contributed by atoms with van der Waals surface area (Å²) in [7, 11) is -0.616. The summed E-state index contributed by atoms with van der Waals surface area (Å²) in [6.45, 7) is -0.305. The van der Waals surface area contributed by atoms with E-state index in [1.54, 1.807) is 31.3 Å². The molecule has 0 aliphatic carbocycles. The van der Waals surface area contributed by atoms with Crippen LogP contribution in [0.15, 0.2) is 59.1 Å². The summed E-state index contributed by atoms with van der Waals surface area (Å²) in [5.41, 5.74) is 1.16. The summed E-state index contributed by atoms with van der Waals surface area (Å²) in [4.78, 5) is 18.3. The molecule has 0 N–H and O–H groups in total. The summed E-state index contributed by atoms with van der Waals surface area (Å²) in [5, 5.41) is 3.92. The predicted molar refractivity (Wildman–Crippen MR) is 111 cm³/mol. The molecule has 2 aromatic carbocycles. The standard InChI is InChI=1S/C20H22N4O5S/c1-23(13-18-21-20(22-29-18)15-7-5-4-6-8-15)19(25)14-24(30(3,26)27)16-9-11-17(28-2)12-10-16/h4-12H,13-14H2,1-3H3. The van der Waals surface area contributed by atoms with E-state index in [1.807, 2.05) is 30.3 Å². The van der Waals surface area contributed by atoms with E-state index in [0.717, 1.165) is 16.1 Å². The molecule has 1 amide bonds. The quantitative estimate of drug-likeness (QED) is 0.539. The predicted octanol–water partition coefficient (Wildman–Crippen LogP) is 2.17.